The molecule has 0 radical (unpaired) electrons. The summed E-state index contributed by atoms with van der Waals surface area (Å²) in [6.45, 7) is 3.33. The fraction of sp³-hybridized carbons (Fsp3) is 0.368. The molecule has 1 N–H and O–H groups in total. The third-order valence-electron chi connectivity index (χ3n) is 4.66. The Morgan fingerprint density at radius 3 is 2.56 bits per heavy atom. The zero-order valence-electron chi connectivity index (χ0n) is 14.7. The summed E-state index contributed by atoms with van der Waals surface area (Å²) in [7, 11) is 0. The number of carbonyl (C=O) groups is 1. The highest BCUT2D eigenvalue weighted by molar-refractivity contribution is 5.90. The molecule has 2 amide bonds. The summed E-state index contributed by atoms with van der Waals surface area (Å²) in [5.74, 6) is -0.190. The average molecular weight is 383 g/mol. The number of nitrogens with zero attached hydrogens (tertiary/aromatic N) is 2. The Balaban J connectivity index is 0.00000280. The summed E-state index contributed by atoms with van der Waals surface area (Å²) in [6, 6.07) is 3.90. The lowest BCUT2D eigenvalue weighted by Crippen LogP contribution is -2.40. The molecule has 4 nitrogen and oxygen atoms in total. The molecular formula is C19H21F4N3O. The van der Waals surface area contributed by atoms with Gasteiger partial charge in [0.1, 0.15) is 5.82 Å². The van der Waals surface area contributed by atoms with Gasteiger partial charge in [-0.1, -0.05) is 6.92 Å². The van der Waals surface area contributed by atoms with Crippen molar-refractivity contribution in [2.45, 2.75) is 25.9 Å². The molecule has 27 heavy (non-hydrogen) atoms. The molecule has 0 bridgehead atoms. The van der Waals surface area contributed by atoms with Crippen molar-refractivity contribution < 1.29 is 23.8 Å². The molecule has 0 saturated carbocycles. The van der Waals surface area contributed by atoms with Gasteiger partial charge in [-0.2, -0.15) is 13.2 Å². The lowest BCUT2D eigenvalue weighted by atomic mass is 9.99. The summed E-state index contributed by atoms with van der Waals surface area (Å²) in [6.07, 6.45) is -0.764. The number of rotatable bonds is 2. The van der Waals surface area contributed by atoms with Crippen LogP contribution in [0, 0.1) is 11.7 Å². The predicted octanol–water partition coefficient (Wildman–Crippen LogP) is 5.42. The van der Waals surface area contributed by atoms with Gasteiger partial charge in [0.05, 0.1) is 11.8 Å². The fourth-order valence-corrected chi connectivity index (χ4v) is 3.08. The number of hydrogen-bond acceptors (Lipinski definition) is 2. The van der Waals surface area contributed by atoms with Crippen LogP contribution in [0.25, 0.3) is 11.1 Å². The van der Waals surface area contributed by atoms with Crippen molar-refractivity contribution in [3.05, 3.63) is 48.0 Å². The van der Waals surface area contributed by atoms with Crippen molar-refractivity contribution in [1.82, 2.24) is 9.88 Å². The van der Waals surface area contributed by atoms with E-state index in [-0.39, 0.29) is 24.3 Å². The van der Waals surface area contributed by atoms with E-state index in [9.17, 15) is 22.4 Å². The molecule has 1 fully saturated rings. The molecule has 1 aliphatic rings. The maximum atomic E-state index is 13.4. The molecule has 0 unspecified atom stereocenters. The highest BCUT2D eigenvalue weighted by atomic mass is 19.4. The third-order valence-corrected chi connectivity index (χ3v) is 4.66. The highest BCUT2D eigenvalue weighted by Gasteiger charge is 2.34. The first-order chi connectivity index (χ1) is 12.7. The van der Waals surface area contributed by atoms with E-state index in [1.165, 1.54) is 12.1 Å². The number of anilines is 1. The molecule has 1 aliphatic heterocycles. The normalized spacial score (nSPS) is 15.7. The SMILES string of the molecule is CC1CCN(C(=O)Nc2ccc(C(F)(F)F)c(-c3cncc(F)c3)c2)CC1.[HH]. The van der Waals surface area contributed by atoms with Gasteiger partial charge in [0, 0.05) is 32.0 Å². The minimum atomic E-state index is -4.62. The summed E-state index contributed by atoms with van der Waals surface area (Å²) in [4.78, 5) is 17.6. The summed E-state index contributed by atoms with van der Waals surface area (Å²) >= 11 is 0. The minimum absolute atomic E-state index is 0. The topological polar surface area (TPSA) is 45.2 Å². The van der Waals surface area contributed by atoms with Crippen molar-refractivity contribution >= 4 is 11.7 Å². The second kappa shape index (κ2) is 7.54. The van der Waals surface area contributed by atoms with E-state index in [2.05, 4.69) is 17.2 Å². The van der Waals surface area contributed by atoms with E-state index in [1.807, 2.05) is 0 Å². The van der Waals surface area contributed by atoms with E-state index < -0.39 is 17.6 Å². The quantitative estimate of drug-likeness (QED) is 0.704. The maximum Gasteiger partial charge on any atom is 0.417 e. The largest absolute Gasteiger partial charge is 0.417 e. The number of piperidine rings is 1. The number of carbonyl (C=O) groups excluding carboxylic acids is 1. The number of benzene rings is 1. The van der Waals surface area contributed by atoms with Crippen molar-refractivity contribution in [2.24, 2.45) is 5.92 Å². The number of nitrogens with one attached hydrogen (secondary N) is 1. The second-order valence-electron chi connectivity index (χ2n) is 6.75. The summed E-state index contributed by atoms with van der Waals surface area (Å²) in [5, 5.41) is 2.64. The van der Waals surface area contributed by atoms with Gasteiger partial charge in [-0.15, -0.1) is 0 Å². The van der Waals surface area contributed by atoms with Crippen LogP contribution < -0.4 is 5.32 Å². The minimum Gasteiger partial charge on any atom is -0.325 e. The molecule has 1 aromatic carbocycles. The second-order valence-corrected chi connectivity index (χ2v) is 6.75. The Hall–Kier alpha value is -2.64. The van der Waals surface area contributed by atoms with Gasteiger partial charge in [0.15, 0.2) is 0 Å². The van der Waals surface area contributed by atoms with Gasteiger partial charge >= 0.3 is 12.2 Å². The Morgan fingerprint density at radius 2 is 1.93 bits per heavy atom. The molecule has 2 aromatic rings. The fourth-order valence-electron chi connectivity index (χ4n) is 3.08. The van der Waals surface area contributed by atoms with E-state index in [1.54, 1.807) is 4.90 Å². The number of hydrogen-bond donors (Lipinski definition) is 1. The van der Waals surface area contributed by atoms with Gasteiger partial charge in [0.25, 0.3) is 0 Å². The van der Waals surface area contributed by atoms with Crippen LogP contribution in [0.4, 0.5) is 28.0 Å². The molecule has 1 aromatic heterocycles. The molecule has 0 atom stereocenters. The number of aromatic nitrogens is 1. The lowest BCUT2D eigenvalue weighted by molar-refractivity contribution is -0.137. The Kier molecular flexibility index (Phi) is 5.34. The molecule has 8 heteroatoms. The van der Waals surface area contributed by atoms with Gasteiger partial charge < -0.3 is 10.2 Å². The van der Waals surface area contributed by atoms with Crippen molar-refractivity contribution in [1.29, 1.82) is 0 Å². The summed E-state index contributed by atoms with van der Waals surface area (Å²) < 4.78 is 53.5. The number of alkyl halides is 3. The number of pyridine rings is 1. The first kappa shape index (κ1) is 19.1. The molecule has 3 rings (SSSR count). The first-order valence-corrected chi connectivity index (χ1v) is 8.62. The highest BCUT2D eigenvalue weighted by Crippen LogP contribution is 2.38. The first-order valence-electron chi connectivity index (χ1n) is 8.62. The van der Waals surface area contributed by atoms with Crippen molar-refractivity contribution in [3.63, 3.8) is 0 Å². The molecular weight excluding hydrogens is 362 g/mol. The van der Waals surface area contributed by atoms with Crippen molar-refractivity contribution in [3.8, 4) is 11.1 Å². The van der Waals surface area contributed by atoms with Gasteiger partial charge in [-0.25, -0.2) is 9.18 Å². The average Bonchev–Trinajstić information content (AvgIpc) is 2.61. The van der Waals surface area contributed by atoms with Crippen LogP contribution in [0.15, 0.2) is 36.7 Å². The van der Waals surface area contributed by atoms with Crippen LogP contribution in [0.1, 0.15) is 26.8 Å². The van der Waals surface area contributed by atoms with E-state index >= 15 is 0 Å². The van der Waals surface area contributed by atoms with Gasteiger partial charge in [0.2, 0.25) is 0 Å². The zero-order chi connectivity index (χ0) is 19.6. The van der Waals surface area contributed by atoms with E-state index in [4.69, 9.17) is 0 Å². The van der Waals surface area contributed by atoms with Crippen LogP contribution >= 0.6 is 0 Å². The van der Waals surface area contributed by atoms with E-state index in [0.717, 1.165) is 37.4 Å². The standard InChI is InChI=1S/C19H19F4N3O.H2/c1-12-4-6-26(7-5-12)18(27)25-15-2-3-17(19(21,22)23)16(9-15)13-8-14(20)11-24-10-13;/h2-3,8-12H,4-7H2,1H3,(H,25,27);1H. The molecule has 146 valence electrons. The molecule has 1 saturated heterocycles. The monoisotopic (exact) mass is 383 g/mol. The van der Waals surface area contributed by atoms with Crippen LogP contribution in [0.2, 0.25) is 0 Å². The van der Waals surface area contributed by atoms with Crippen molar-refractivity contribution in [2.75, 3.05) is 18.4 Å². The third kappa shape index (κ3) is 4.56. The summed E-state index contributed by atoms with van der Waals surface area (Å²) in [5.41, 5.74) is -0.949. The Morgan fingerprint density at radius 1 is 1.22 bits per heavy atom. The van der Waals surface area contributed by atoms with Crippen LogP contribution in [-0.2, 0) is 6.18 Å². The number of amides is 2. The molecule has 2 heterocycles. The van der Waals surface area contributed by atoms with Gasteiger partial charge in [-0.3, -0.25) is 4.98 Å². The lowest BCUT2D eigenvalue weighted by Gasteiger charge is -2.30. The van der Waals surface area contributed by atoms with Crippen LogP contribution in [0.3, 0.4) is 0 Å². The van der Waals surface area contributed by atoms with E-state index in [0.29, 0.717) is 19.0 Å². The number of likely N-dealkylation sites (tertiary alicyclic amines) is 1. The van der Waals surface area contributed by atoms with Crippen LogP contribution in [0.5, 0.6) is 0 Å². The number of urea groups is 1. The maximum absolute atomic E-state index is 13.4. The number of halogens is 4. The zero-order valence-corrected chi connectivity index (χ0v) is 14.7. The molecule has 0 aliphatic carbocycles. The molecule has 0 spiro atoms. The predicted molar refractivity (Wildman–Crippen MR) is 95.7 cm³/mol. The Labute approximate surface area is 155 Å². The smallest absolute Gasteiger partial charge is 0.325 e. The Bertz CT molecular complexity index is 836. The van der Waals surface area contributed by atoms with Gasteiger partial charge in [-0.05, 0) is 48.6 Å². The van der Waals surface area contributed by atoms with Crippen LogP contribution in [-0.4, -0.2) is 29.0 Å².